The molecule has 3 rings (SSSR count). The van der Waals surface area contributed by atoms with Crippen LogP contribution < -0.4 is 5.32 Å². The van der Waals surface area contributed by atoms with Crippen LogP contribution in [0.2, 0.25) is 0 Å². The zero-order valence-corrected chi connectivity index (χ0v) is 16.3. The SMILES string of the molecule is Fc1cccc(CN(Cc2cccnc2)C(=S)Nc2ccc(Br)cc2)c1. The molecule has 0 saturated heterocycles. The molecule has 6 heteroatoms. The van der Waals surface area contributed by atoms with Gasteiger partial charge in [-0.3, -0.25) is 4.98 Å². The van der Waals surface area contributed by atoms with E-state index in [4.69, 9.17) is 12.2 Å². The van der Waals surface area contributed by atoms with Crippen molar-refractivity contribution >= 4 is 38.9 Å². The van der Waals surface area contributed by atoms with Gasteiger partial charge in [-0.1, -0.05) is 34.1 Å². The van der Waals surface area contributed by atoms with Crippen LogP contribution in [0, 0.1) is 5.82 Å². The van der Waals surface area contributed by atoms with Gasteiger partial charge in [-0.05, 0) is 65.8 Å². The number of hydrogen-bond donors (Lipinski definition) is 1. The molecule has 0 atom stereocenters. The van der Waals surface area contributed by atoms with Crippen molar-refractivity contribution in [2.75, 3.05) is 5.32 Å². The average molecular weight is 430 g/mol. The lowest BCUT2D eigenvalue weighted by Gasteiger charge is -2.26. The van der Waals surface area contributed by atoms with Crippen molar-refractivity contribution in [1.29, 1.82) is 0 Å². The summed E-state index contributed by atoms with van der Waals surface area (Å²) in [5, 5.41) is 3.82. The maximum absolute atomic E-state index is 13.5. The largest absolute Gasteiger partial charge is 0.340 e. The molecule has 2 aromatic carbocycles. The van der Waals surface area contributed by atoms with Crippen molar-refractivity contribution in [3.05, 3.63) is 94.5 Å². The van der Waals surface area contributed by atoms with E-state index in [1.54, 1.807) is 18.5 Å². The Balaban J connectivity index is 1.79. The molecule has 1 heterocycles. The van der Waals surface area contributed by atoms with Gasteiger partial charge in [0.1, 0.15) is 5.82 Å². The van der Waals surface area contributed by atoms with Gasteiger partial charge in [-0.2, -0.15) is 0 Å². The Hall–Kier alpha value is -2.31. The Morgan fingerprint density at radius 3 is 2.46 bits per heavy atom. The van der Waals surface area contributed by atoms with Gasteiger partial charge in [0.05, 0.1) is 0 Å². The Labute approximate surface area is 166 Å². The smallest absolute Gasteiger partial charge is 0.174 e. The number of nitrogens with one attached hydrogen (secondary N) is 1. The van der Waals surface area contributed by atoms with Crippen LogP contribution in [0.5, 0.6) is 0 Å². The number of rotatable bonds is 5. The van der Waals surface area contributed by atoms with Gasteiger partial charge in [0.15, 0.2) is 5.11 Å². The number of pyridine rings is 1. The second-order valence-electron chi connectivity index (χ2n) is 5.78. The summed E-state index contributed by atoms with van der Waals surface area (Å²) in [6.07, 6.45) is 3.54. The summed E-state index contributed by atoms with van der Waals surface area (Å²) < 4.78 is 14.5. The molecule has 0 aliphatic heterocycles. The molecule has 0 aliphatic rings. The van der Waals surface area contributed by atoms with Crippen LogP contribution in [0.3, 0.4) is 0 Å². The van der Waals surface area contributed by atoms with Gasteiger partial charge in [0.25, 0.3) is 0 Å². The highest BCUT2D eigenvalue weighted by Gasteiger charge is 2.12. The highest BCUT2D eigenvalue weighted by Crippen LogP contribution is 2.17. The summed E-state index contributed by atoms with van der Waals surface area (Å²) in [4.78, 5) is 6.15. The summed E-state index contributed by atoms with van der Waals surface area (Å²) in [5.41, 5.74) is 2.78. The maximum Gasteiger partial charge on any atom is 0.174 e. The zero-order chi connectivity index (χ0) is 18.4. The summed E-state index contributed by atoms with van der Waals surface area (Å²) in [6, 6.07) is 18.2. The lowest BCUT2D eigenvalue weighted by Crippen LogP contribution is -2.33. The normalized spacial score (nSPS) is 10.4. The Bertz CT molecular complexity index is 872. The van der Waals surface area contributed by atoms with Gasteiger partial charge >= 0.3 is 0 Å². The molecule has 0 unspecified atom stereocenters. The molecule has 1 N–H and O–H groups in total. The van der Waals surface area contributed by atoms with Crippen LogP contribution in [0.15, 0.2) is 77.5 Å². The van der Waals surface area contributed by atoms with Crippen LogP contribution in [-0.2, 0) is 13.1 Å². The fourth-order valence-corrected chi connectivity index (χ4v) is 3.01. The second kappa shape index (κ2) is 8.87. The Morgan fingerprint density at radius 2 is 1.77 bits per heavy atom. The first-order chi connectivity index (χ1) is 12.6. The van der Waals surface area contributed by atoms with Gasteiger partial charge < -0.3 is 10.2 Å². The highest BCUT2D eigenvalue weighted by atomic mass is 79.9. The minimum atomic E-state index is -0.254. The molecule has 0 saturated carbocycles. The first-order valence-electron chi connectivity index (χ1n) is 8.05. The summed E-state index contributed by atoms with van der Waals surface area (Å²) in [7, 11) is 0. The molecule has 3 nitrogen and oxygen atoms in total. The van der Waals surface area contributed by atoms with Crippen molar-refractivity contribution in [1.82, 2.24) is 9.88 Å². The van der Waals surface area contributed by atoms with Crippen molar-refractivity contribution in [3.63, 3.8) is 0 Å². The molecule has 3 aromatic rings. The lowest BCUT2D eigenvalue weighted by molar-refractivity contribution is 0.411. The van der Waals surface area contributed by atoms with Crippen LogP contribution >= 0.6 is 28.1 Å². The second-order valence-corrected chi connectivity index (χ2v) is 7.09. The predicted octanol–water partition coefficient (Wildman–Crippen LogP) is 5.38. The monoisotopic (exact) mass is 429 g/mol. The molecule has 0 radical (unpaired) electrons. The predicted molar refractivity (Wildman–Crippen MR) is 110 cm³/mol. The molecule has 132 valence electrons. The van der Waals surface area contributed by atoms with E-state index in [9.17, 15) is 4.39 Å². The minimum Gasteiger partial charge on any atom is -0.340 e. The number of nitrogens with zero attached hydrogens (tertiary/aromatic N) is 2. The van der Waals surface area contributed by atoms with Gasteiger partial charge in [-0.15, -0.1) is 0 Å². The van der Waals surface area contributed by atoms with E-state index in [0.29, 0.717) is 18.2 Å². The van der Waals surface area contributed by atoms with Gasteiger partial charge in [0, 0.05) is 35.6 Å². The molecule has 0 fully saturated rings. The number of anilines is 1. The Morgan fingerprint density at radius 1 is 1.04 bits per heavy atom. The number of halogens is 2. The molecule has 0 aliphatic carbocycles. The van der Waals surface area contributed by atoms with Gasteiger partial charge in [-0.25, -0.2) is 4.39 Å². The van der Waals surface area contributed by atoms with Crippen LogP contribution in [0.4, 0.5) is 10.1 Å². The quantitative estimate of drug-likeness (QED) is 0.550. The summed E-state index contributed by atoms with van der Waals surface area (Å²) >= 11 is 9.03. The fourth-order valence-electron chi connectivity index (χ4n) is 2.50. The summed E-state index contributed by atoms with van der Waals surface area (Å²) in [6.45, 7) is 1.07. The lowest BCUT2D eigenvalue weighted by atomic mass is 10.2. The topological polar surface area (TPSA) is 28.2 Å². The van der Waals surface area contributed by atoms with E-state index in [1.165, 1.54) is 12.1 Å². The minimum absolute atomic E-state index is 0.254. The highest BCUT2D eigenvalue weighted by molar-refractivity contribution is 9.10. The van der Waals surface area contributed by atoms with E-state index >= 15 is 0 Å². The fraction of sp³-hybridized carbons (Fsp3) is 0.100. The Kier molecular flexibility index (Phi) is 6.30. The van der Waals surface area contributed by atoms with Crippen LogP contribution in [-0.4, -0.2) is 15.0 Å². The van der Waals surface area contributed by atoms with E-state index in [-0.39, 0.29) is 5.82 Å². The van der Waals surface area contributed by atoms with Crippen molar-refractivity contribution in [3.8, 4) is 0 Å². The number of hydrogen-bond acceptors (Lipinski definition) is 2. The molecule has 26 heavy (non-hydrogen) atoms. The third-order valence-electron chi connectivity index (χ3n) is 3.74. The van der Waals surface area contributed by atoms with Crippen LogP contribution in [0.25, 0.3) is 0 Å². The third kappa shape index (κ3) is 5.34. The first kappa shape index (κ1) is 18.5. The number of aromatic nitrogens is 1. The molecule has 0 bridgehead atoms. The number of thiocarbonyl (C=S) groups is 1. The van der Waals surface area contributed by atoms with E-state index in [1.807, 2.05) is 47.4 Å². The molecular weight excluding hydrogens is 413 g/mol. The van der Waals surface area contributed by atoms with Crippen molar-refractivity contribution in [2.45, 2.75) is 13.1 Å². The number of benzene rings is 2. The van der Waals surface area contributed by atoms with Crippen molar-refractivity contribution in [2.24, 2.45) is 0 Å². The molecule has 1 aromatic heterocycles. The first-order valence-corrected chi connectivity index (χ1v) is 9.25. The van der Waals surface area contributed by atoms with E-state index in [0.717, 1.165) is 21.3 Å². The van der Waals surface area contributed by atoms with E-state index < -0.39 is 0 Å². The van der Waals surface area contributed by atoms with Gasteiger partial charge in [0.2, 0.25) is 0 Å². The van der Waals surface area contributed by atoms with Crippen molar-refractivity contribution < 1.29 is 4.39 Å². The maximum atomic E-state index is 13.5. The van der Waals surface area contributed by atoms with Crippen LogP contribution in [0.1, 0.15) is 11.1 Å². The molecular formula is C20H17BrFN3S. The van der Waals surface area contributed by atoms with E-state index in [2.05, 4.69) is 26.2 Å². The third-order valence-corrected chi connectivity index (χ3v) is 4.63. The molecule has 0 spiro atoms. The average Bonchev–Trinajstić information content (AvgIpc) is 2.64. The zero-order valence-electron chi connectivity index (χ0n) is 13.9. The summed E-state index contributed by atoms with van der Waals surface area (Å²) in [5.74, 6) is -0.254. The standard InChI is InChI=1S/C20H17BrFN3S/c21-17-6-8-19(9-7-17)24-20(26)25(14-16-4-2-10-23-12-16)13-15-3-1-5-18(22)11-15/h1-12H,13-14H2,(H,24,26). The molecule has 0 amide bonds.